The molecule has 0 spiro atoms. The van der Waals surface area contributed by atoms with Gasteiger partial charge in [-0.15, -0.1) is 0 Å². The average Bonchev–Trinajstić information content (AvgIpc) is 3.51. The third-order valence-electron chi connectivity index (χ3n) is 5.61. The van der Waals surface area contributed by atoms with E-state index in [2.05, 4.69) is 45.9 Å². The minimum Gasteiger partial charge on any atom is -0.338 e. The molecule has 0 radical (unpaired) electrons. The lowest BCUT2D eigenvalue weighted by atomic mass is 10.1. The number of urea groups is 1. The highest BCUT2D eigenvalue weighted by Gasteiger charge is 2.38. The molecule has 1 aliphatic heterocycles. The molecule has 3 aliphatic rings. The van der Waals surface area contributed by atoms with Crippen LogP contribution in [0, 0.1) is 11.8 Å². The van der Waals surface area contributed by atoms with Gasteiger partial charge in [0.25, 0.3) is 0 Å². The lowest BCUT2D eigenvalue weighted by molar-refractivity contribution is 0.238. The van der Waals surface area contributed by atoms with Crippen molar-refractivity contribution in [1.29, 1.82) is 0 Å². The smallest absolute Gasteiger partial charge is 0.314 e. The van der Waals surface area contributed by atoms with Crippen LogP contribution < -0.4 is 10.6 Å². The highest BCUT2D eigenvalue weighted by molar-refractivity contribution is 5.73. The molecular weight excluding hydrogens is 286 g/mol. The zero-order chi connectivity index (χ0) is 15.6. The summed E-state index contributed by atoms with van der Waals surface area (Å²) in [5, 5.41) is 6.12. The largest absolute Gasteiger partial charge is 0.338 e. The molecule has 0 bridgehead atoms. The number of likely N-dealkylation sites (tertiary alicyclic amines) is 1. The molecule has 0 unspecified atom stereocenters. The molecule has 2 amide bonds. The molecule has 1 heterocycles. The molecule has 4 rings (SSSR count). The Labute approximate surface area is 138 Å². The van der Waals surface area contributed by atoms with E-state index in [1.54, 1.807) is 0 Å². The highest BCUT2D eigenvalue weighted by atomic mass is 16.2. The van der Waals surface area contributed by atoms with Gasteiger partial charge in [-0.25, -0.2) is 4.79 Å². The van der Waals surface area contributed by atoms with Crippen LogP contribution in [0.1, 0.15) is 37.2 Å². The molecule has 1 aromatic carbocycles. The predicted octanol–water partition coefficient (Wildman–Crippen LogP) is 2.57. The van der Waals surface area contributed by atoms with Crippen LogP contribution in [0.15, 0.2) is 30.3 Å². The van der Waals surface area contributed by atoms with Crippen LogP contribution in [-0.4, -0.2) is 43.2 Å². The van der Waals surface area contributed by atoms with E-state index in [0.717, 1.165) is 19.1 Å². The number of carbonyl (C=O) groups is 1. The van der Waals surface area contributed by atoms with Gasteiger partial charge >= 0.3 is 6.03 Å². The molecule has 2 aliphatic carbocycles. The van der Waals surface area contributed by atoms with Crippen molar-refractivity contribution in [2.75, 3.05) is 26.2 Å². The Balaban J connectivity index is 1.12. The molecule has 1 aromatic rings. The Morgan fingerprint density at radius 2 is 1.87 bits per heavy atom. The van der Waals surface area contributed by atoms with Crippen molar-refractivity contribution < 1.29 is 4.79 Å². The monoisotopic (exact) mass is 313 g/mol. The van der Waals surface area contributed by atoms with Crippen molar-refractivity contribution in [1.82, 2.24) is 15.5 Å². The Morgan fingerprint density at radius 3 is 2.65 bits per heavy atom. The molecular formula is C19H27N3O. The van der Waals surface area contributed by atoms with Crippen LogP contribution >= 0.6 is 0 Å². The van der Waals surface area contributed by atoms with Crippen molar-refractivity contribution in [3.8, 4) is 0 Å². The Morgan fingerprint density at radius 1 is 1.09 bits per heavy atom. The third kappa shape index (κ3) is 3.86. The van der Waals surface area contributed by atoms with E-state index >= 15 is 0 Å². The van der Waals surface area contributed by atoms with Crippen molar-refractivity contribution in [2.45, 2.75) is 37.6 Å². The average molecular weight is 313 g/mol. The summed E-state index contributed by atoms with van der Waals surface area (Å²) in [6.45, 7) is 4.01. The second-order valence-corrected chi connectivity index (χ2v) is 7.48. The summed E-state index contributed by atoms with van der Waals surface area (Å²) < 4.78 is 0. The maximum absolute atomic E-state index is 12.0. The molecule has 2 saturated carbocycles. The summed E-state index contributed by atoms with van der Waals surface area (Å²) in [7, 11) is 0. The number of rotatable bonds is 6. The zero-order valence-electron chi connectivity index (χ0n) is 13.7. The van der Waals surface area contributed by atoms with Crippen molar-refractivity contribution >= 4 is 6.03 Å². The van der Waals surface area contributed by atoms with Gasteiger partial charge in [0, 0.05) is 25.7 Å². The van der Waals surface area contributed by atoms with E-state index in [-0.39, 0.29) is 6.03 Å². The molecule has 3 atom stereocenters. The molecule has 1 saturated heterocycles. The molecule has 23 heavy (non-hydrogen) atoms. The normalized spacial score (nSPS) is 30.2. The second-order valence-electron chi connectivity index (χ2n) is 7.48. The molecule has 124 valence electrons. The Kier molecular flexibility index (Phi) is 4.25. The summed E-state index contributed by atoms with van der Waals surface area (Å²) in [5.74, 6) is 1.89. The van der Waals surface area contributed by atoms with Crippen LogP contribution in [0.3, 0.4) is 0 Å². The van der Waals surface area contributed by atoms with E-state index in [9.17, 15) is 4.79 Å². The maximum atomic E-state index is 12.0. The molecule has 4 heteroatoms. The first-order valence-corrected chi connectivity index (χ1v) is 9.10. The fourth-order valence-corrected chi connectivity index (χ4v) is 3.91. The summed E-state index contributed by atoms with van der Waals surface area (Å²) in [6.07, 6.45) is 5.19. The minimum absolute atomic E-state index is 0.00795. The summed E-state index contributed by atoms with van der Waals surface area (Å²) in [5.41, 5.74) is 1.41. The number of amides is 2. The summed E-state index contributed by atoms with van der Waals surface area (Å²) in [6, 6.07) is 11.5. The van der Waals surface area contributed by atoms with E-state index in [4.69, 9.17) is 0 Å². The van der Waals surface area contributed by atoms with Crippen LogP contribution in [0.4, 0.5) is 4.79 Å². The maximum Gasteiger partial charge on any atom is 0.314 e. The predicted molar refractivity (Wildman–Crippen MR) is 91.4 cm³/mol. The third-order valence-corrected chi connectivity index (χ3v) is 5.61. The van der Waals surface area contributed by atoms with E-state index in [0.29, 0.717) is 17.8 Å². The fraction of sp³-hybridized carbons (Fsp3) is 0.632. The van der Waals surface area contributed by atoms with E-state index in [1.807, 2.05) is 0 Å². The van der Waals surface area contributed by atoms with E-state index in [1.165, 1.54) is 44.3 Å². The SMILES string of the molecule is O=C(NC[C@@H]1CCN(C2CC2)C1)NC[C@@H]1C[C@H]1c1ccccc1. The zero-order valence-corrected chi connectivity index (χ0v) is 13.7. The van der Waals surface area contributed by atoms with Gasteiger partial charge in [0.1, 0.15) is 0 Å². The quantitative estimate of drug-likeness (QED) is 0.848. The molecule has 0 aromatic heterocycles. The van der Waals surface area contributed by atoms with Gasteiger partial charge in [-0.05, 0) is 55.5 Å². The first-order valence-electron chi connectivity index (χ1n) is 9.10. The number of nitrogens with zero attached hydrogens (tertiary/aromatic N) is 1. The van der Waals surface area contributed by atoms with Crippen molar-refractivity contribution in [2.24, 2.45) is 11.8 Å². The topological polar surface area (TPSA) is 44.4 Å². The summed E-state index contributed by atoms with van der Waals surface area (Å²) in [4.78, 5) is 14.6. The van der Waals surface area contributed by atoms with Gasteiger partial charge in [-0.3, -0.25) is 0 Å². The first-order chi connectivity index (χ1) is 11.3. The van der Waals surface area contributed by atoms with Gasteiger partial charge in [0.15, 0.2) is 0 Å². The van der Waals surface area contributed by atoms with Gasteiger partial charge in [-0.1, -0.05) is 30.3 Å². The van der Waals surface area contributed by atoms with Crippen LogP contribution in [0.5, 0.6) is 0 Å². The number of carbonyl (C=O) groups excluding carboxylic acids is 1. The first kappa shape index (κ1) is 15.0. The number of nitrogens with one attached hydrogen (secondary N) is 2. The molecule has 4 nitrogen and oxygen atoms in total. The van der Waals surface area contributed by atoms with Gasteiger partial charge in [0.05, 0.1) is 0 Å². The van der Waals surface area contributed by atoms with Gasteiger partial charge in [-0.2, -0.15) is 0 Å². The molecule has 3 fully saturated rings. The molecule has 2 N–H and O–H groups in total. The highest BCUT2D eigenvalue weighted by Crippen LogP contribution is 2.46. The van der Waals surface area contributed by atoms with Crippen molar-refractivity contribution in [3.05, 3.63) is 35.9 Å². The summed E-state index contributed by atoms with van der Waals surface area (Å²) >= 11 is 0. The number of benzene rings is 1. The second kappa shape index (κ2) is 6.52. The fourth-order valence-electron chi connectivity index (χ4n) is 3.91. The van der Waals surface area contributed by atoms with Gasteiger partial charge < -0.3 is 15.5 Å². The Hall–Kier alpha value is -1.55. The van der Waals surface area contributed by atoms with Crippen LogP contribution in [0.25, 0.3) is 0 Å². The van der Waals surface area contributed by atoms with Crippen molar-refractivity contribution in [3.63, 3.8) is 0 Å². The Bertz CT molecular complexity index is 543. The van der Waals surface area contributed by atoms with Gasteiger partial charge in [0.2, 0.25) is 0 Å². The van der Waals surface area contributed by atoms with E-state index < -0.39 is 0 Å². The van der Waals surface area contributed by atoms with Crippen LogP contribution in [0.2, 0.25) is 0 Å². The lowest BCUT2D eigenvalue weighted by Crippen LogP contribution is -2.39. The number of hydrogen-bond donors (Lipinski definition) is 2. The minimum atomic E-state index is 0.00795. The standard InChI is InChI=1S/C19H27N3O/c23-19(20-11-14-8-9-22(13-14)17-6-7-17)21-12-16-10-18(16)15-4-2-1-3-5-15/h1-5,14,16-18H,6-13H2,(H2,20,21,23)/t14-,16-,18-/m0/s1. The van der Waals surface area contributed by atoms with Crippen LogP contribution in [-0.2, 0) is 0 Å². The number of hydrogen-bond acceptors (Lipinski definition) is 2. The lowest BCUT2D eigenvalue weighted by Gasteiger charge is -2.15.